The Bertz CT molecular complexity index is 404. The van der Waals surface area contributed by atoms with Crippen molar-refractivity contribution in [2.45, 2.75) is 26.2 Å². The summed E-state index contributed by atoms with van der Waals surface area (Å²) < 4.78 is 0. The van der Waals surface area contributed by atoms with Crippen molar-refractivity contribution in [3.63, 3.8) is 0 Å². The molecule has 0 saturated heterocycles. The van der Waals surface area contributed by atoms with Crippen LogP contribution in [-0.4, -0.2) is 30.9 Å². The zero-order valence-electron chi connectivity index (χ0n) is 11.4. The van der Waals surface area contributed by atoms with Gasteiger partial charge in [0.1, 0.15) is 0 Å². The van der Waals surface area contributed by atoms with E-state index in [4.69, 9.17) is 23.2 Å². The van der Waals surface area contributed by atoms with E-state index in [1.165, 1.54) is 0 Å². The van der Waals surface area contributed by atoms with Crippen LogP contribution < -0.4 is 5.32 Å². The predicted molar refractivity (Wildman–Crippen MR) is 82.1 cm³/mol. The Labute approximate surface area is 124 Å². The molecular formula is C14H20Cl2N2O. The number of nitrogens with zero attached hydrogens (tertiary/aromatic N) is 1. The Morgan fingerprint density at radius 1 is 1.26 bits per heavy atom. The molecule has 0 bridgehead atoms. The SMILES string of the molecule is CCCCN(C)CCC(=O)Nc1c(Cl)cccc1Cl. The number of carbonyl (C=O) groups excluding carboxylic acids is 1. The first-order valence-electron chi connectivity index (χ1n) is 6.47. The molecule has 0 aliphatic rings. The Morgan fingerprint density at radius 3 is 2.47 bits per heavy atom. The van der Waals surface area contributed by atoms with Gasteiger partial charge in [-0.1, -0.05) is 42.6 Å². The second-order valence-electron chi connectivity index (χ2n) is 4.55. The minimum atomic E-state index is -0.0710. The van der Waals surface area contributed by atoms with Gasteiger partial charge < -0.3 is 10.2 Å². The van der Waals surface area contributed by atoms with Crippen LogP contribution in [0.2, 0.25) is 10.0 Å². The van der Waals surface area contributed by atoms with Gasteiger partial charge in [0.2, 0.25) is 5.91 Å². The molecule has 1 amide bonds. The van der Waals surface area contributed by atoms with Crippen LogP contribution in [0.3, 0.4) is 0 Å². The second kappa shape index (κ2) is 8.41. The average Bonchev–Trinajstić information content (AvgIpc) is 2.38. The van der Waals surface area contributed by atoms with E-state index in [0.29, 0.717) is 22.2 Å². The number of unbranched alkanes of at least 4 members (excludes halogenated alkanes) is 1. The third kappa shape index (κ3) is 5.81. The number of benzene rings is 1. The molecule has 1 N–H and O–H groups in total. The van der Waals surface area contributed by atoms with E-state index in [-0.39, 0.29) is 5.91 Å². The van der Waals surface area contributed by atoms with E-state index < -0.39 is 0 Å². The van der Waals surface area contributed by atoms with E-state index >= 15 is 0 Å². The molecule has 0 heterocycles. The highest BCUT2D eigenvalue weighted by Crippen LogP contribution is 2.29. The minimum Gasteiger partial charge on any atom is -0.324 e. The zero-order valence-corrected chi connectivity index (χ0v) is 12.9. The van der Waals surface area contributed by atoms with Crippen molar-refractivity contribution in [2.24, 2.45) is 0 Å². The van der Waals surface area contributed by atoms with Crippen LogP contribution in [0.1, 0.15) is 26.2 Å². The first kappa shape index (κ1) is 16.3. The van der Waals surface area contributed by atoms with E-state index in [0.717, 1.165) is 25.9 Å². The molecule has 1 aromatic rings. The topological polar surface area (TPSA) is 32.3 Å². The number of hydrogen-bond donors (Lipinski definition) is 1. The van der Waals surface area contributed by atoms with E-state index in [9.17, 15) is 4.79 Å². The minimum absolute atomic E-state index is 0.0710. The summed E-state index contributed by atoms with van der Waals surface area (Å²) in [7, 11) is 2.02. The number of anilines is 1. The number of para-hydroxylation sites is 1. The van der Waals surface area contributed by atoms with Gasteiger partial charge in [0, 0.05) is 13.0 Å². The lowest BCUT2D eigenvalue weighted by molar-refractivity contribution is -0.116. The molecule has 0 aromatic heterocycles. The van der Waals surface area contributed by atoms with Crippen molar-refractivity contribution in [1.82, 2.24) is 4.90 Å². The van der Waals surface area contributed by atoms with Crippen LogP contribution in [0.15, 0.2) is 18.2 Å². The first-order chi connectivity index (χ1) is 9.04. The number of hydrogen-bond acceptors (Lipinski definition) is 2. The fraction of sp³-hybridized carbons (Fsp3) is 0.500. The van der Waals surface area contributed by atoms with E-state index in [1.807, 2.05) is 7.05 Å². The Hall–Kier alpha value is -0.770. The van der Waals surface area contributed by atoms with Crippen molar-refractivity contribution in [3.05, 3.63) is 28.2 Å². The van der Waals surface area contributed by atoms with Gasteiger partial charge in [-0.3, -0.25) is 4.79 Å². The molecule has 0 spiro atoms. The highest BCUT2D eigenvalue weighted by molar-refractivity contribution is 6.39. The third-order valence-electron chi connectivity index (χ3n) is 2.84. The largest absolute Gasteiger partial charge is 0.324 e. The average molecular weight is 303 g/mol. The molecular weight excluding hydrogens is 283 g/mol. The fourth-order valence-corrected chi connectivity index (χ4v) is 2.14. The van der Waals surface area contributed by atoms with Crippen LogP contribution in [-0.2, 0) is 4.79 Å². The summed E-state index contributed by atoms with van der Waals surface area (Å²) in [5.41, 5.74) is 0.493. The number of rotatable bonds is 7. The molecule has 0 atom stereocenters. The quantitative estimate of drug-likeness (QED) is 0.824. The standard InChI is InChI=1S/C14H20Cl2N2O/c1-3-4-9-18(2)10-8-13(19)17-14-11(15)6-5-7-12(14)16/h5-7H,3-4,8-10H2,1-2H3,(H,17,19). The van der Waals surface area contributed by atoms with Gasteiger partial charge in [0.15, 0.2) is 0 Å². The lowest BCUT2D eigenvalue weighted by Crippen LogP contribution is -2.25. The molecule has 0 fully saturated rings. The lowest BCUT2D eigenvalue weighted by Gasteiger charge is -2.16. The predicted octanol–water partition coefficient (Wildman–Crippen LogP) is 4.05. The first-order valence-corrected chi connectivity index (χ1v) is 7.22. The summed E-state index contributed by atoms with van der Waals surface area (Å²) in [6, 6.07) is 5.16. The summed E-state index contributed by atoms with van der Waals surface area (Å²) in [4.78, 5) is 14.0. The molecule has 0 radical (unpaired) electrons. The highest BCUT2D eigenvalue weighted by Gasteiger charge is 2.10. The van der Waals surface area contributed by atoms with Crippen LogP contribution in [0.25, 0.3) is 0 Å². The maximum absolute atomic E-state index is 11.8. The summed E-state index contributed by atoms with van der Waals surface area (Å²) in [6.07, 6.45) is 2.74. The molecule has 19 heavy (non-hydrogen) atoms. The molecule has 5 heteroatoms. The van der Waals surface area contributed by atoms with E-state index in [2.05, 4.69) is 17.1 Å². The van der Waals surface area contributed by atoms with Gasteiger partial charge in [0.25, 0.3) is 0 Å². The summed E-state index contributed by atoms with van der Waals surface area (Å²) in [6.45, 7) is 3.89. The lowest BCUT2D eigenvalue weighted by atomic mass is 10.3. The number of nitrogens with one attached hydrogen (secondary N) is 1. The van der Waals surface area contributed by atoms with Crippen molar-refractivity contribution in [1.29, 1.82) is 0 Å². The van der Waals surface area contributed by atoms with Gasteiger partial charge >= 0.3 is 0 Å². The molecule has 3 nitrogen and oxygen atoms in total. The van der Waals surface area contributed by atoms with Crippen LogP contribution in [0, 0.1) is 0 Å². The maximum Gasteiger partial charge on any atom is 0.225 e. The molecule has 1 rings (SSSR count). The highest BCUT2D eigenvalue weighted by atomic mass is 35.5. The molecule has 0 saturated carbocycles. The fourth-order valence-electron chi connectivity index (χ4n) is 1.65. The summed E-state index contributed by atoms with van der Waals surface area (Å²) in [5.74, 6) is -0.0710. The zero-order chi connectivity index (χ0) is 14.3. The molecule has 106 valence electrons. The van der Waals surface area contributed by atoms with Crippen molar-refractivity contribution in [2.75, 3.05) is 25.5 Å². The van der Waals surface area contributed by atoms with Gasteiger partial charge in [-0.25, -0.2) is 0 Å². The van der Waals surface area contributed by atoms with Crippen molar-refractivity contribution >= 4 is 34.8 Å². The van der Waals surface area contributed by atoms with Gasteiger partial charge in [-0.05, 0) is 32.1 Å². The molecule has 1 aromatic carbocycles. The molecule has 0 unspecified atom stereocenters. The summed E-state index contributed by atoms with van der Waals surface area (Å²) >= 11 is 12.0. The third-order valence-corrected chi connectivity index (χ3v) is 3.47. The smallest absolute Gasteiger partial charge is 0.225 e. The van der Waals surface area contributed by atoms with Crippen molar-refractivity contribution in [3.8, 4) is 0 Å². The van der Waals surface area contributed by atoms with Crippen molar-refractivity contribution < 1.29 is 4.79 Å². The Morgan fingerprint density at radius 2 is 1.89 bits per heavy atom. The van der Waals surface area contributed by atoms with Crippen LogP contribution in [0.4, 0.5) is 5.69 Å². The molecule has 0 aliphatic carbocycles. The van der Waals surface area contributed by atoms with Gasteiger partial charge in [0.05, 0.1) is 15.7 Å². The van der Waals surface area contributed by atoms with Gasteiger partial charge in [-0.2, -0.15) is 0 Å². The number of halogens is 2. The number of amides is 1. The molecule has 0 aliphatic heterocycles. The van der Waals surface area contributed by atoms with E-state index in [1.54, 1.807) is 18.2 Å². The Balaban J connectivity index is 2.43. The van der Waals surface area contributed by atoms with Crippen LogP contribution in [0.5, 0.6) is 0 Å². The second-order valence-corrected chi connectivity index (χ2v) is 5.37. The van der Waals surface area contributed by atoms with Gasteiger partial charge in [-0.15, -0.1) is 0 Å². The normalized spacial score (nSPS) is 10.8. The Kier molecular flexibility index (Phi) is 7.21. The van der Waals surface area contributed by atoms with Crippen LogP contribution >= 0.6 is 23.2 Å². The number of carbonyl (C=O) groups is 1. The summed E-state index contributed by atoms with van der Waals surface area (Å²) in [5, 5.41) is 3.68. The maximum atomic E-state index is 11.8. The monoisotopic (exact) mass is 302 g/mol.